The maximum absolute atomic E-state index is 12.3. The van der Waals surface area contributed by atoms with Crippen molar-refractivity contribution in [3.05, 3.63) is 58.3 Å². The minimum Gasteiger partial charge on any atom is -0.378 e. The molecule has 0 saturated carbocycles. The van der Waals surface area contributed by atoms with E-state index in [-0.39, 0.29) is 5.56 Å². The Morgan fingerprint density at radius 2 is 2.00 bits per heavy atom. The molecule has 0 spiro atoms. The molecule has 5 rings (SSSR count). The number of hydrogen-bond donors (Lipinski definition) is 0. The first-order chi connectivity index (χ1) is 13.7. The molecule has 1 aliphatic heterocycles. The molecule has 3 aromatic heterocycles. The average Bonchev–Trinajstić information content (AvgIpc) is 3.18. The number of thiazole rings is 1. The van der Waals surface area contributed by atoms with Crippen molar-refractivity contribution >= 4 is 37.7 Å². The van der Waals surface area contributed by atoms with Gasteiger partial charge in [0.15, 0.2) is 10.8 Å². The summed E-state index contributed by atoms with van der Waals surface area (Å²) in [6.07, 6.45) is 1.59. The molecule has 1 fully saturated rings. The molecule has 28 heavy (non-hydrogen) atoms. The quantitative estimate of drug-likeness (QED) is 0.533. The fourth-order valence-corrected chi connectivity index (χ4v) is 4.47. The first-order valence-corrected chi connectivity index (χ1v) is 10.0. The molecule has 4 heterocycles. The summed E-state index contributed by atoms with van der Waals surface area (Å²) in [5, 5.41) is 1.95. The smallest absolute Gasteiger partial charge is 0.292 e. The normalized spacial score (nSPS) is 14.8. The molecule has 0 unspecified atom stereocenters. The molecule has 0 N–H and O–H groups in total. The van der Waals surface area contributed by atoms with Gasteiger partial charge in [0, 0.05) is 24.2 Å². The van der Waals surface area contributed by atoms with Crippen molar-refractivity contribution in [1.82, 2.24) is 19.5 Å². The number of nitrogens with zero attached hydrogens (tertiary/aromatic N) is 5. The van der Waals surface area contributed by atoms with E-state index in [4.69, 9.17) is 9.72 Å². The van der Waals surface area contributed by atoms with Gasteiger partial charge in [0.1, 0.15) is 11.0 Å². The Hall–Kier alpha value is -2.84. The molecule has 8 heteroatoms. The third-order valence-corrected chi connectivity index (χ3v) is 6.00. The summed E-state index contributed by atoms with van der Waals surface area (Å²) in [7, 11) is 0. The highest BCUT2D eigenvalue weighted by molar-refractivity contribution is 7.22. The summed E-state index contributed by atoms with van der Waals surface area (Å²) in [4.78, 5) is 27.8. The first-order valence-electron chi connectivity index (χ1n) is 9.22. The van der Waals surface area contributed by atoms with Crippen molar-refractivity contribution in [3.63, 3.8) is 0 Å². The lowest BCUT2D eigenvalue weighted by Gasteiger charge is -2.25. The molecule has 0 bridgehead atoms. The Balaban J connectivity index is 1.53. The van der Waals surface area contributed by atoms with Gasteiger partial charge in [-0.3, -0.25) is 9.78 Å². The molecule has 1 aliphatic rings. The van der Waals surface area contributed by atoms with Crippen LogP contribution in [0.25, 0.3) is 21.3 Å². The number of hydrogen-bond acceptors (Lipinski definition) is 7. The lowest BCUT2D eigenvalue weighted by Crippen LogP contribution is -2.36. The van der Waals surface area contributed by atoms with E-state index >= 15 is 0 Å². The summed E-state index contributed by atoms with van der Waals surface area (Å²) in [6, 6.07) is 10.3. The van der Waals surface area contributed by atoms with Crippen molar-refractivity contribution in [1.29, 1.82) is 0 Å². The minimum absolute atomic E-state index is 0.221. The fourth-order valence-electron chi connectivity index (χ4n) is 3.45. The molecule has 4 aromatic rings. The average molecular weight is 393 g/mol. The molecule has 0 atom stereocenters. The Labute approximate surface area is 165 Å². The Morgan fingerprint density at radius 3 is 2.86 bits per heavy atom. The van der Waals surface area contributed by atoms with E-state index in [1.165, 1.54) is 11.3 Å². The zero-order valence-corrected chi connectivity index (χ0v) is 16.3. The topological polar surface area (TPSA) is 73.1 Å². The Morgan fingerprint density at radius 1 is 1.14 bits per heavy atom. The predicted octanol–water partition coefficient (Wildman–Crippen LogP) is 2.59. The van der Waals surface area contributed by atoms with Gasteiger partial charge in [0.05, 0.1) is 25.3 Å². The number of anilines is 1. The number of fused-ring (bicyclic) bond motifs is 2. The van der Waals surface area contributed by atoms with Gasteiger partial charge < -0.3 is 14.2 Å². The Bertz CT molecular complexity index is 1230. The van der Waals surface area contributed by atoms with Crippen LogP contribution < -0.4 is 10.5 Å². The highest BCUT2D eigenvalue weighted by Crippen LogP contribution is 2.27. The summed E-state index contributed by atoms with van der Waals surface area (Å²) >= 11 is 1.41. The van der Waals surface area contributed by atoms with Crippen molar-refractivity contribution in [3.8, 4) is 0 Å². The monoisotopic (exact) mass is 393 g/mol. The van der Waals surface area contributed by atoms with Crippen LogP contribution in [-0.2, 0) is 11.3 Å². The fraction of sp³-hybridized carbons (Fsp3) is 0.300. The summed E-state index contributed by atoms with van der Waals surface area (Å²) in [5.74, 6) is 0. The van der Waals surface area contributed by atoms with E-state index in [0.29, 0.717) is 30.1 Å². The van der Waals surface area contributed by atoms with Gasteiger partial charge in [-0.15, -0.1) is 0 Å². The van der Waals surface area contributed by atoms with Crippen molar-refractivity contribution in [2.75, 3.05) is 31.2 Å². The Kier molecular flexibility index (Phi) is 4.29. The SMILES string of the molecule is Cc1ccc2cc(Cn3cnc(=O)c4sc(N5CCOCC5)nc43)ccc2n1. The summed E-state index contributed by atoms with van der Waals surface area (Å²) < 4.78 is 7.96. The zero-order chi connectivity index (χ0) is 19.1. The second-order valence-electron chi connectivity index (χ2n) is 6.91. The van der Waals surface area contributed by atoms with Crippen molar-refractivity contribution in [2.45, 2.75) is 13.5 Å². The second kappa shape index (κ2) is 6.96. The maximum atomic E-state index is 12.3. The molecule has 1 aromatic carbocycles. The number of morpholine rings is 1. The lowest BCUT2D eigenvalue weighted by atomic mass is 10.1. The van der Waals surface area contributed by atoms with E-state index in [2.05, 4.69) is 33.1 Å². The standard InChI is InChI=1S/C20H19N5O2S/c1-13-2-4-15-10-14(3-5-16(15)22-13)11-25-12-21-19(26)17-18(25)23-20(28-17)24-6-8-27-9-7-24/h2-5,10,12H,6-9,11H2,1H3. The van der Waals surface area contributed by atoms with Gasteiger partial charge in [-0.25, -0.2) is 4.98 Å². The molecule has 142 valence electrons. The first kappa shape index (κ1) is 17.3. The van der Waals surface area contributed by atoms with Crippen LogP contribution in [0.2, 0.25) is 0 Å². The van der Waals surface area contributed by atoms with E-state index in [1.807, 2.05) is 23.6 Å². The summed E-state index contributed by atoms with van der Waals surface area (Å²) in [5.41, 5.74) is 3.57. The van der Waals surface area contributed by atoms with Crippen molar-refractivity contribution < 1.29 is 4.74 Å². The molecule has 0 radical (unpaired) electrons. The van der Waals surface area contributed by atoms with Crippen LogP contribution in [0.5, 0.6) is 0 Å². The number of benzene rings is 1. The van der Waals surface area contributed by atoms with E-state index in [0.717, 1.165) is 40.4 Å². The number of ether oxygens (including phenoxy) is 1. The second-order valence-corrected chi connectivity index (χ2v) is 7.88. The molecule has 1 saturated heterocycles. The van der Waals surface area contributed by atoms with Crippen LogP contribution in [0.4, 0.5) is 5.13 Å². The molecule has 0 amide bonds. The van der Waals surface area contributed by atoms with Gasteiger partial charge in [-0.1, -0.05) is 23.5 Å². The van der Waals surface area contributed by atoms with Crippen LogP contribution in [0.1, 0.15) is 11.3 Å². The van der Waals surface area contributed by atoms with Gasteiger partial charge in [0.25, 0.3) is 5.56 Å². The van der Waals surface area contributed by atoms with Gasteiger partial charge in [-0.2, -0.15) is 4.98 Å². The largest absolute Gasteiger partial charge is 0.378 e. The third kappa shape index (κ3) is 3.14. The maximum Gasteiger partial charge on any atom is 0.292 e. The van der Waals surface area contributed by atoms with Crippen LogP contribution in [-0.4, -0.2) is 45.8 Å². The molecule has 7 nitrogen and oxygen atoms in total. The van der Waals surface area contributed by atoms with Crippen LogP contribution >= 0.6 is 11.3 Å². The lowest BCUT2D eigenvalue weighted by molar-refractivity contribution is 0.122. The van der Waals surface area contributed by atoms with Gasteiger partial charge in [0.2, 0.25) is 0 Å². The molecular weight excluding hydrogens is 374 g/mol. The number of rotatable bonds is 3. The number of aromatic nitrogens is 4. The molecular formula is C20H19N5O2S. The van der Waals surface area contributed by atoms with Crippen molar-refractivity contribution in [2.24, 2.45) is 0 Å². The summed E-state index contributed by atoms with van der Waals surface area (Å²) in [6.45, 7) is 5.54. The van der Waals surface area contributed by atoms with Crippen LogP contribution in [0.3, 0.4) is 0 Å². The highest BCUT2D eigenvalue weighted by atomic mass is 32.1. The van der Waals surface area contributed by atoms with Gasteiger partial charge in [-0.05, 0) is 30.7 Å². The van der Waals surface area contributed by atoms with E-state index in [1.54, 1.807) is 6.33 Å². The number of pyridine rings is 1. The van der Waals surface area contributed by atoms with Gasteiger partial charge >= 0.3 is 0 Å². The minimum atomic E-state index is -0.221. The highest BCUT2D eigenvalue weighted by Gasteiger charge is 2.18. The zero-order valence-electron chi connectivity index (χ0n) is 15.5. The third-order valence-electron chi connectivity index (χ3n) is 4.91. The van der Waals surface area contributed by atoms with Crippen LogP contribution in [0, 0.1) is 6.92 Å². The molecule has 0 aliphatic carbocycles. The van der Waals surface area contributed by atoms with E-state index in [9.17, 15) is 4.79 Å². The van der Waals surface area contributed by atoms with Crippen LogP contribution in [0.15, 0.2) is 41.5 Å². The van der Waals surface area contributed by atoms with E-state index < -0.39 is 0 Å². The predicted molar refractivity (Wildman–Crippen MR) is 110 cm³/mol. The number of aryl methyl sites for hydroxylation is 1.